The fraction of sp³-hybridized carbons (Fsp3) is 0.769. The van der Waals surface area contributed by atoms with Gasteiger partial charge in [-0.05, 0) is 32.1 Å². The van der Waals surface area contributed by atoms with Crippen LogP contribution in [0.2, 0.25) is 0 Å². The molecule has 0 aliphatic carbocycles. The van der Waals surface area contributed by atoms with Gasteiger partial charge in [-0.1, -0.05) is 6.42 Å². The van der Waals surface area contributed by atoms with Crippen LogP contribution in [0.25, 0.3) is 0 Å². The van der Waals surface area contributed by atoms with E-state index in [0.29, 0.717) is 12.2 Å². The van der Waals surface area contributed by atoms with Crippen molar-refractivity contribution in [3.63, 3.8) is 0 Å². The molecule has 1 fully saturated rings. The lowest BCUT2D eigenvalue weighted by atomic mass is 10.0. The number of hydrogen-bond donors (Lipinski definition) is 1. The van der Waals surface area contributed by atoms with Crippen molar-refractivity contribution in [1.29, 1.82) is 0 Å². The lowest BCUT2D eigenvalue weighted by molar-refractivity contribution is 0.203. The third-order valence-corrected chi connectivity index (χ3v) is 6.49. The summed E-state index contributed by atoms with van der Waals surface area (Å²) in [7, 11) is -3.08. The van der Waals surface area contributed by atoms with Crippen LogP contribution in [0.4, 0.5) is 0 Å². The van der Waals surface area contributed by atoms with E-state index in [1.54, 1.807) is 6.20 Å². The molecule has 1 saturated heterocycles. The van der Waals surface area contributed by atoms with Crippen molar-refractivity contribution >= 4 is 9.84 Å². The van der Waals surface area contributed by atoms with Crippen molar-refractivity contribution in [3.05, 3.63) is 17.7 Å². The van der Waals surface area contributed by atoms with Crippen molar-refractivity contribution < 1.29 is 13.5 Å². The Bertz CT molecular complexity index is 564. The number of imidazole rings is 1. The number of aryl methyl sites for hydroxylation is 1. The van der Waals surface area contributed by atoms with Crippen molar-refractivity contribution in [2.24, 2.45) is 0 Å². The molecule has 1 aromatic rings. The van der Waals surface area contributed by atoms with Crippen molar-refractivity contribution in [1.82, 2.24) is 9.55 Å². The largest absolute Gasteiger partial charge is 0.394 e. The van der Waals surface area contributed by atoms with Crippen LogP contribution in [0.15, 0.2) is 6.20 Å². The van der Waals surface area contributed by atoms with E-state index in [0.717, 1.165) is 37.8 Å². The topological polar surface area (TPSA) is 72.2 Å². The molecule has 0 aromatic carbocycles. The van der Waals surface area contributed by atoms with Crippen LogP contribution in [0.5, 0.6) is 0 Å². The van der Waals surface area contributed by atoms with Crippen LogP contribution in [0.3, 0.4) is 0 Å². The van der Waals surface area contributed by atoms with Gasteiger partial charge in [0.15, 0.2) is 9.84 Å². The third kappa shape index (κ3) is 2.21. The molecule has 0 saturated carbocycles. The first-order chi connectivity index (χ1) is 9.13. The highest BCUT2D eigenvalue weighted by Crippen LogP contribution is 2.36. The summed E-state index contributed by atoms with van der Waals surface area (Å²) < 4.78 is 26.5. The second-order valence-corrected chi connectivity index (χ2v) is 7.86. The maximum absolute atomic E-state index is 12.2. The van der Waals surface area contributed by atoms with Crippen molar-refractivity contribution in [2.75, 3.05) is 12.4 Å². The van der Waals surface area contributed by atoms with E-state index in [-0.39, 0.29) is 18.4 Å². The number of rotatable bonds is 2. The molecule has 0 amide bonds. The Morgan fingerprint density at radius 3 is 2.89 bits per heavy atom. The Balaban J connectivity index is 2.04. The molecule has 2 unspecified atom stereocenters. The van der Waals surface area contributed by atoms with Gasteiger partial charge in [-0.2, -0.15) is 0 Å². The fourth-order valence-corrected chi connectivity index (χ4v) is 5.23. The molecule has 106 valence electrons. The number of nitrogens with zero attached hydrogens (tertiary/aromatic N) is 2. The standard InChI is InChI=1S/C13H20N2O3S/c16-9-11-5-3-4-10-8-14-13(15(10)11)12-6-1-2-7-19(12,17)18/h8,11-12,16H,1-7,9H2. The minimum atomic E-state index is -3.08. The third-order valence-electron chi connectivity index (χ3n) is 4.31. The van der Waals surface area contributed by atoms with E-state index in [9.17, 15) is 13.5 Å². The first kappa shape index (κ1) is 13.1. The zero-order valence-corrected chi connectivity index (χ0v) is 11.8. The zero-order valence-electron chi connectivity index (χ0n) is 11.0. The lowest BCUT2D eigenvalue weighted by Gasteiger charge is -2.29. The molecular formula is C13H20N2O3S. The van der Waals surface area contributed by atoms with Crippen LogP contribution >= 0.6 is 0 Å². The molecule has 1 N–H and O–H groups in total. The van der Waals surface area contributed by atoms with Gasteiger partial charge in [0.2, 0.25) is 0 Å². The van der Waals surface area contributed by atoms with Crippen molar-refractivity contribution in [2.45, 2.75) is 49.8 Å². The van der Waals surface area contributed by atoms with Gasteiger partial charge in [-0.25, -0.2) is 13.4 Å². The number of hydrogen-bond acceptors (Lipinski definition) is 4. The first-order valence-electron chi connectivity index (χ1n) is 7.02. The van der Waals surface area contributed by atoms with Gasteiger partial charge in [0.25, 0.3) is 0 Å². The molecular weight excluding hydrogens is 264 g/mol. The highest BCUT2D eigenvalue weighted by molar-refractivity contribution is 7.91. The summed E-state index contributed by atoms with van der Waals surface area (Å²) in [5.74, 6) is 0.928. The van der Waals surface area contributed by atoms with E-state index < -0.39 is 15.1 Å². The highest BCUT2D eigenvalue weighted by atomic mass is 32.2. The first-order valence-corrected chi connectivity index (χ1v) is 8.73. The number of aliphatic hydroxyl groups excluding tert-OH is 1. The Hall–Kier alpha value is -0.880. The summed E-state index contributed by atoms with van der Waals surface area (Å²) in [5.41, 5.74) is 1.07. The zero-order chi connectivity index (χ0) is 13.5. The Labute approximate surface area is 113 Å². The molecule has 0 spiro atoms. The van der Waals surface area contributed by atoms with Gasteiger partial charge < -0.3 is 9.67 Å². The number of aromatic nitrogens is 2. The highest BCUT2D eigenvalue weighted by Gasteiger charge is 2.36. The Kier molecular flexibility index (Phi) is 3.39. The van der Waals surface area contributed by atoms with Gasteiger partial charge >= 0.3 is 0 Å². The molecule has 19 heavy (non-hydrogen) atoms. The molecule has 3 rings (SSSR count). The van der Waals surface area contributed by atoms with Crippen LogP contribution in [0.1, 0.15) is 54.9 Å². The summed E-state index contributed by atoms with van der Waals surface area (Å²) in [4.78, 5) is 4.39. The van der Waals surface area contributed by atoms with E-state index in [2.05, 4.69) is 4.98 Å². The normalized spacial score (nSPS) is 29.9. The molecule has 2 aliphatic heterocycles. The summed E-state index contributed by atoms with van der Waals surface area (Å²) in [6, 6.07) is -0.00150. The van der Waals surface area contributed by atoms with Gasteiger partial charge in [0, 0.05) is 11.9 Å². The summed E-state index contributed by atoms with van der Waals surface area (Å²) in [6.45, 7) is 0.0587. The Morgan fingerprint density at radius 2 is 2.16 bits per heavy atom. The van der Waals surface area contributed by atoms with Gasteiger partial charge in [0.05, 0.1) is 18.4 Å². The monoisotopic (exact) mass is 284 g/mol. The second kappa shape index (κ2) is 4.90. The average molecular weight is 284 g/mol. The van der Waals surface area contributed by atoms with E-state index in [1.165, 1.54) is 0 Å². The van der Waals surface area contributed by atoms with Gasteiger partial charge in [0.1, 0.15) is 11.1 Å². The van der Waals surface area contributed by atoms with Crippen LogP contribution in [0, 0.1) is 0 Å². The summed E-state index contributed by atoms with van der Waals surface area (Å²) in [5, 5.41) is 9.04. The maximum Gasteiger partial charge on any atom is 0.160 e. The quantitative estimate of drug-likeness (QED) is 0.891. The molecule has 6 heteroatoms. The molecule has 1 aromatic heterocycles. The summed E-state index contributed by atoms with van der Waals surface area (Å²) >= 11 is 0. The molecule has 2 aliphatic rings. The maximum atomic E-state index is 12.2. The number of sulfone groups is 1. The molecule has 5 nitrogen and oxygen atoms in total. The minimum Gasteiger partial charge on any atom is -0.394 e. The lowest BCUT2D eigenvalue weighted by Crippen LogP contribution is -2.28. The molecule has 0 radical (unpaired) electrons. The van der Waals surface area contributed by atoms with Crippen LogP contribution in [-0.4, -0.2) is 35.4 Å². The molecule has 3 heterocycles. The second-order valence-electron chi connectivity index (χ2n) is 5.56. The predicted octanol–water partition coefficient (Wildman–Crippen LogP) is 1.39. The van der Waals surface area contributed by atoms with Crippen LogP contribution in [-0.2, 0) is 16.3 Å². The predicted molar refractivity (Wildman–Crippen MR) is 71.7 cm³/mol. The van der Waals surface area contributed by atoms with E-state index >= 15 is 0 Å². The fourth-order valence-electron chi connectivity index (χ4n) is 3.32. The van der Waals surface area contributed by atoms with Crippen molar-refractivity contribution in [3.8, 4) is 0 Å². The Morgan fingerprint density at radius 1 is 1.32 bits per heavy atom. The average Bonchev–Trinajstić information content (AvgIpc) is 2.82. The van der Waals surface area contributed by atoms with Gasteiger partial charge in [-0.15, -0.1) is 0 Å². The number of aliphatic hydroxyl groups is 1. The smallest absolute Gasteiger partial charge is 0.160 e. The number of fused-ring (bicyclic) bond motifs is 1. The van der Waals surface area contributed by atoms with Crippen LogP contribution < -0.4 is 0 Å². The summed E-state index contributed by atoms with van der Waals surface area (Å²) in [6.07, 6.45) is 7.02. The molecule has 0 bridgehead atoms. The van der Waals surface area contributed by atoms with E-state index in [4.69, 9.17) is 0 Å². The molecule has 2 atom stereocenters. The SMILES string of the molecule is O=S1(=O)CCCCC1c1ncc2n1C(CO)CCC2. The van der Waals surface area contributed by atoms with E-state index in [1.807, 2.05) is 4.57 Å². The minimum absolute atomic E-state index is 0.00150. The van der Waals surface area contributed by atoms with Gasteiger partial charge in [-0.3, -0.25) is 0 Å².